The number of rotatable bonds is 6. The number of carbonyl (C=O) groups excluding carboxylic acids is 2. The summed E-state index contributed by atoms with van der Waals surface area (Å²) in [6, 6.07) is 14.9. The van der Waals surface area contributed by atoms with E-state index in [1.807, 2.05) is 13.0 Å². The van der Waals surface area contributed by atoms with E-state index in [1.54, 1.807) is 60.9 Å². The number of ketones is 1. The van der Waals surface area contributed by atoms with Crippen molar-refractivity contribution in [2.45, 2.75) is 19.5 Å². The Morgan fingerprint density at radius 3 is 2.65 bits per heavy atom. The van der Waals surface area contributed by atoms with Crippen molar-refractivity contribution in [3.63, 3.8) is 0 Å². The number of benzene rings is 2. The molecule has 1 amide bonds. The molecule has 5 rings (SSSR count). The number of likely N-dealkylation sites (tertiary alicyclic amines) is 1. The minimum absolute atomic E-state index is 0.0110. The first-order valence-electron chi connectivity index (χ1n) is 10.9. The summed E-state index contributed by atoms with van der Waals surface area (Å²) in [6.45, 7) is 2.65. The first kappa shape index (κ1) is 21.5. The Morgan fingerprint density at radius 1 is 1.12 bits per heavy atom. The summed E-state index contributed by atoms with van der Waals surface area (Å²) in [4.78, 5) is 31.9. The standard InChI is InChI=1S/C26H22N2O6/c1-2-32-19-8-5-17(6-9-19)23-22(24(29)18-7-10-20-21(12-18)34-15-33-20)25(30)26(31)28(23)14-16-4-3-11-27-13-16/h3-13,23,29H,2,14-15H2,1H3. The first-order chi connectivity index (χ1) is 16.6. The molecule has 1 N–H and O–H groups in total. The van der Waals surface area contributed by atoms with Crippen molar-refractivity contribution >= 4 is 17.4 Å². The van der Waals surface area contributed by atoms with Crippen LogP contribution in [-0.4, -0.2) is 40.1 Å². The number of fused-ring (bicyclic) bond motifs is 1. The third-order valence-electron chi connectivity index (χ3n) is 5.77. The molecule has 2 aliphatic heterocycles. The maximum atomic E-state index is 13.2. The van der Waals surface area contributed by atoms with Gasteiger partial charge < -0.3 is 24.2 Å². The van der Waals surface area contributed by atoms with Crippen molar-refractivity contribution in [2.75, 3.05) is 13.4 Å². The molecule has 1 unspecified atom stereocenters. The normalized spacial score (nSPS) is 18.4. The minimum atomic E-state index is -0.790. The Labute approximate surface area is 196 Å². The van der Waals surface area contributed by atoms with Gasteiger partial charge in [0.2, 0.25) is 6.79 Å². The molecular weight excluding hydrogens is 436 g/mol. The average molecular weight is 458 g/mol. The van der Waals surface area contributed by atoms with Gasteiger partial charge in [-0.15, -0.1) is 0 Å². The summed E-state index contributed by atoms with van der Waals surface area (Å²) in [5, 5.41) is 11.2. The SMILES string of the molecule is CCOc1ccc(C2C(=C(O)c3ccc4c(c3)OCO4)C(=O)C(=O)N2Cc2cccnc2)cc1. The van der Waals surface area contributed by atoms with Gasteiger partial charge in [0.1, 0.15) is 11.5 Å². The second-order valence-electron chi connectivity index (χ2n) is 7.86. The summed E-state index contributed by atoms with van der Waals surface area (Å²) in [7, 11) is 0. The smallest absolute Gasteiger partial charge is 0.295 e. The quantitative estimate of drug-likeness (QED) is 0.341. The van der Waals surface area contributed by atoms with Crippen LogP contribution in [0.1, 0.15) is 29.7 Å². The molecule has 2 aromatic carbocycles. The number of aromatic nitrogens is 1. The van der Waals surface area contributed by atoms with E-state index in [0.717, 1.165) is 5.56 Å². The topological polar surface area (TPSA) is 98.2 Å². The molecule has 1 saturated heterocycles. The second kappa shape index (κ2) is 8.90. The van der Waals surface area contributed by atoms with Crippen LogP contribution in [0.5, 0.6) is 17.2 Å². The predicted molar refractivity (Wildman–Crippen MR) is 122 cm³/mol. The Morgan fingerprint density at radius 2 is 1.91 bits per heavy atom. The van der Waals surface area contributed by atoms with Gasteiger partial charge in [-0.25, -0.2) is 0 Å². The Balaban J connectivity index is 1.61. The van der Waals surface area contributed by atoms with Gasteiger partial charge in [0.25, 0.3) is 11.7 Å². The Bertz CT molecular complexity index is 1270. The van der Waals surface area contributed by atoms with E-state index >= 15 is 0 Å². The van der Waals surface area contributed by atoms with E-state index in [1.165, 1.54) is 4.90 Å². The molecule has 1 fully saturated rings. The van der Waals surface area contributed by atoms with Gasteiger partial charge in [0.15, 0.2) is 11.5 Å². The molecule has 8 nitrogen and oxygen atoms in total. The van der Waals surface area contributed by atoms with E-state index in [0.29, 0.717) is 35.0 Å². The maximum Gasteiger partial charge on any atom is 0.295 e. The molecule has 0 saturated carbocycles. The van der Waals surface area contributed by atoms with Crippen LogP contribution in [0.15, 0.2) is 72.6 Å². The Hall–Kier alpha value is -4.33. The Kier molecular flexibility index (Phi) is 5.63. The molecule has 0 bridgehead atoms. The summed E-state index contributed by atoms with van der Waals surface area (Å²) in [5.41, 5.74) is 1.81. The number of nitrogens with zero attached hydrogens (tertiary/aromatic N) is 2. The predicted octanol–water partition coefficient (Wildman–Crippen LogP) is 3.83. The van der Waals surface area contributed by atoms with Crippen LogP contribution < -0.4 is 14.2 Å². The van der Waals surface area contributed by atoms with Crippen molar-refractivity contribution in [1.29, 1.82) is 0 Å². The van der Waals surface area contributed by atoms with Gasteiger partial charge in [-0.3, -0.25) is 14.6 Å². The zero-order valence-electron chi connectivity index (χ0n) is 18.4. The average Bonchev–Trinajstić information content (AvgIpc) is 3.43. The zero-order valence-corrected chi connectivity index (χ0v) is 18.4. The number of hydrogen-bond donors (Lipinski definition) is 1. The fourth-order valence-electron chi connectivity index (χ4n) is 4.19. The first-order valence-corrected chi connectivity index (χ1v) is 10.9. The molecular formula is C26H22N2O6. The third kappa shape index (κ3) is 3.83. The molecule has 1 aromatic heterocycles. The fraction of sp³-hybridized carbons (Fsp3) is 0.192. The van der Waals surface area contributed by atoms with Gasteiger partial charge in [-0.2, -0.15) is 0 Å². The summed E-state index contributed by atoms with van der Waals surface area (Å²) in [5.74, 6) is -0.0266. The van der Waals surface area contributed by atoms with Crippen LogP contribution >= 0.6 is 0 Å². The van der Waals surface area contributed by atoms with Crippen LogP contribution in [0.2, 0.25) is 0 Å². The number of carbonyl (C=O) groups is 2. The molecule has 8 heteroatoms. The van der Waals surface area contributed by atoms with E-state index in [-0.39, 0.29) is 24.7 Å². The second-order valence-corrected chi connectivity index (χ2v) is 7.86. The lowest BCUT2D eigenvalue weighted by molar-refractivity contribution is -0.140. The number of pyridine rings is 1. The minimum Gasteiger partial charge on any atom is -0.507 e. The molecule has 0 aliphatic carbocycles. The number of ether oxygens (including phenoxy) is 3. The zero-order chi connectivity index (χ0) is 23.7. The monoisotopic (exact) mass is 458 g/mol. The van der Waals surface area contributed by atoms with Crippen LogP contribution in [0.25, 0.3) is 5.76 Å². The molecule has 1 atom stereocenters. The van der Waals surface area contributed by atoms with Crippen molar-refractivity contribution in [3.8, 4) is 17.2 Å². The van der Waals surface area contributed by atoms with Crippen molar-refractivity contribution < 1.29 is 28.9 Å². The molecule has 3 aromatic rings. The largest absolute Gasteiger partial charge is 0.507 e. The molecule has 3 heterocycles. The van der Waals surface area contributed by atoms with Gasteiger partial charge in [-0.1, -0.05) is 18.2 Å². The van der Waals surface area contributed by atoms with Crippen LogP contribution in [-0.2, 0) is 16.1 Å². The molecule has 172 valence electrons. The van der Waals surface area contributed by atoms with E-state index in [4.69, 9.17) is 14.2 Å². The number of aliphatic hydroxyl groups excluding tert-OH is 1. The number of Topliss-reactive ketones (excluding diaryl/α,β-unsaturated/α-hetero) is 1. The van der Waals surface area contributed by atoms with Crippen LogP contribution in [0, 0.1) is 0 Å². The van der Waals surface area contributed by atoms with Crippen molar-refractivity contribution in [2.24, 2.45) is 0 Å². The van der Waals surface area contributed by atoms with E-state index < -0.39 is 17.7 Å². The summed E-state index contributed by atoms with van der Waals surface area (Å²) < 4.78 is 16.3. The van der Waals surface area contributed by atoms with E-state index in [2.05, 4.69) is 4.98 Å². The number of amides is 1. The molecule has 0 radical (unpaired) electrons. The van der Waals surface area contributed by atoms with Crippen molar-refractivity contribution in [1.82, 2.24) is 9.88 Å². The third-order valence-corrected chi connectivity index (χ3v) is 5.77. The van der Waals surface area contributed by atoms with Crippen LogP contribution in [0.4, 0.5) is 0 Å². The van der Waals surface area contributed by atoms with Gasteiger partial charge >= 0.3 is 0 Å². The molecule has 2 aliphatic rings. The van der Waals surface area contributed by atoms with Gasteiger partial charge in [0.05, 0.1) is 18.2 Å². The lowest BCUT2D eigenvalue weighted by Gasteiger charge is -2.25. The van der Waals surface area contributed by atoms with Gasteiger partial charge in [0, 0.05) is 24.5 Å². The highest BCUT2D eigenvalue weighted by Crippen LogP contribution is 2.42. The highest BCUT2D eigenvalue weighted by molar-refractivity contribution is 6.46. The lowest BCUT2D eigenvalue weighted by atomic mass is 9.95. The van der Waals surface area contributed by atoms with E-state index in [9.17, 15) is 14.7 Å². The maximum absolute atomic E-state index is 13.2. The highest BCUT2D eigenvalue weighted by atomic mass is 16.7. The molecule has 0 spiro atoms. The molecule has 34 heavy (non-hydrogen) atoms. The van der Waals surface area contributed by atoms with Crippen molar-refractivity contribution in [3.05, 3.63) is 89.3 Å². The number of hydrogen-bond acceptors (Lipinski definition) is 7. The fourth-order valence-corrected chi connectivity index (χ4v) is 4.19. The lowest BCUT2D eigenvalue weighted by Crippen LogP contribution is -2.29. The summed E-state index contributed by atoms with van der Waals surface area (Å²) in [6.07, 6.45) is 3.29. The number of aliphatic hydroxyl groups is 1. The van der Waals surface area contributed by atoms with Gasteiger partial charge in [-0.05, 0) is 54.4 Å². The summed E-state index contributed by atoms with van der Waals surface area (Å²) >= 11 is 0. The van der Waals surface area contributed by atoms with Crippen LogP contribution in [0.3, 0.4) is 0 Å². The highest BCUT2D eigenvalue weighted by Gasteiger charge is 2.46.